The van der Waals surface area contributed by atoms with Gasteiger partial charge in [-0.05, 0) is 12.0 Å². The minimum absolute atomic E-state index is 0.167. The molecule has 0 bridgehead atoms. The van der Waals surface area contributed by atoms with Gasteiger partial charge in [-0.3, -0.25) is 0 Å². The van der Waals surface area contributed by atoms with Crippen molar-refractivity contribution in [2.24, 2.45) is 0 Å². The number of rotatable bonds is 1. The fraction of sp³-hybridized carbons (Fsp3) is 0.455. The molecule has 0 N–H and O–H groups in total. The van der Waals surface area contributed by atoms with E-state index >= 15 is 0 Å². The Morgan fingerprint density at radius 1 is 1.21 bits per heavy atom. The number of hydrogen-bond donors (Lipinski definition) is 0. The van der Waals surface area contributed by atoms with Gasteiger partial charge in [0.1, 0.15) is 0 Å². The third kappa shape index (κ3) is 1.69. The third-order valence-electron chi connectivity index (χ3n) is 2.97. The summed E-state index contributed by atoms with van der Waals surface area (Å²) in [5.41, 5.74) is 0.973. The first-order valence-corrected chi connectivity index (χ1v) is 6.60. The number of sulfone groups is 1. The average Bonchev–Trinajstić information content (AvgIpc) is 2.44. The zero-order chi connectivity index (χ0) is 10.2. The van der Waals surface area contributed by atoms with Crippen molar-refractivity contribution in [1.29, 1.82) is 0 Å². The molecule has 0 aromatic heterocycles. The van der Waals surface area contributed by atoms with Crippen molar-refractivity contribution in [3.63, 3.8) is 0 Å². The zero-order valence-corrected chi connectivity index (χ0v) is 9.05. The lowest BCUT2D eigenvalue weighted by atomic mass is 9.82. The molecule has 1 heterocycles. The predicted octanol–water partition coefficient (Wildman–Crippen LogP) is 1.76. The van der Waals surface area contributed by atoms with Crippen molar-refractivity contribution >= 4 is 9.84 Å². The van der Waals surface area contributed by atoms with Crippen LogP contribution in [0.5, 0.6) is 0 Å². The van der Waals surface area contributed by atoms with Gasteiger partial charge < -0.3 is 0 Å². The second-order valence-electron chi connectivity index (χ2n) is 4.27. The standard InChI is InChI=1S/C11H14O2S/c1-11(7-8-14(12,13)9-11)10-5-3-2-4-6-10/h2-6H,7-9H2,1H3. The summed E-state index contributed by atoms with van der Waals surface area (Å²) < 4.78 is 22.8. The molecule has 14 heavy (non-hydrogen) atoms. The highest BCUT2D eigenvalue weighted by Crippen LogP contribution is 2.35. The Balaban J connectivity index is 2.37. The van der Waals surface area contributed by atoms with Crippen LogP contribution in [-0.2, 0) is 15.3 Å². The van der Waals surface area contributed by atoms with Gasteiger partial charge >= 0.3 is 0 Å². The summed E-state index contributed by atoms with van der Waals surface area (Å²) in [5, 5.41) is 0. The molecule has 1 unspecified atom stereocenters. The van der Waals surface area contributed by atoms with Crippen LogP contribution in [0.3, 0.4) is 0 Å². The molecule has 0 radical (unpaired) electrons. The van der Waals surface area contributed by atoms with Gasteiger partial charge in [-0.2, -0.15) is 0 Å². The van der Waals surface area contributed by atoms with Crippen molar-refractivity contribution in [3.05, 3.63) is 35.9 Å². The molecular weight excluding hydrogens is 196 g/mol. The molecule has 2 nitrogen and oxygen atoms in total. The van der Waals surface area contributed by atoms with Gasteiger partial charge in [-0.25, -0.2) is 8.42 Å². The summed E-state index contributed by atoms with van der Waals surface area (Å²) in [6.07, 6.45) is 0.749. The lowest BCUT2D eigenvalue weighted by molar-refractivity contribution is 0.537. The lowest BCUT2D eigenvalue weighted by Gasteiger charge is -2.22. The van der Waals surface area contributed by atoms with Crippen molar-refractivity contribution in [2.75, 3.05) is 11.5 Å². The molecule has 1 aliphatic rings. The Bertz CT molecular complexity index is 422. The van der Waals surface area contributed by atoms with E-state index in [0.29, 0.717) is 11.5 Å². The van der Waals surface area contributed by atoms with Gasteiger partial charge in [0, 0.05) is 5.41 Å². The van der Waals surface area contributed by atoms with Crippen molar-refractivity contribution < 1.29 is 8.42 Å². The molecule has 1 fully saturated rings. The van der Waals surface area contributed by atoms with E-state index in [-0.39, 0.29) is 5.41 Å². The second-order valence-corrected chi connectivity index (χ2v) is 6.45. The quantitative estimate of drug-likeness (QED) is 0.708. The van der Waals surface area contributed by atoms with Crippen LogP contribution in [-0.4, -0.2) is 19.9 Å². The number of hydrogen-bond acceptors (Lipinski definition) is 2. The van der Waals surface area contributed by atoms with Crippen LogP contribution in [0.1, 0.15) is 18.9 Å². The summed E-state index contributed by atoms with van der Waals surface area (Å²) in [4.78, 5) is 0. The molecule has 0 aliphatic carbocycles. The van der Waals surface area contributed by atoms with Crippen LogP contribution in [0.4, 0.5) is 0 Å². The highest BCUT2D eigenvalue weighted by atomic mass is 32.2. The zero-order valence-electron chi connectivity index (χ0n) is 8.23. The molecular formula is C11H14O2S. The Morgan fingerprint density at radius 2 is 1.86 bits per heavy atom. The smallest absolute Gasteiger partial charge is 0.151 e. The van der Waals surface area contributed by atoms with E-state index in [9.17, 15) is 8.42 Å². The lowest BCUT2D eigenvalue weighted by Crippen LogP contribution is -2.22. The van der Waals surface area contributed by atoms with E-state index in [1.54, 1.807) is 0 Å². The molecule has 2 rings (SSSR count). The molecule has 1 atom stereocenters. The normalized spacial score (nSPS) is 30.4. The van der Waals surface area contributed by atoms with Crippen LogP contribution in [0.15, 0.2) is 30.3 Å². The highest BCUT2D eigenvalue weighted by molar-refractivity contribution is 7.91. The molecule has 0 amide bonds. The molecule has 1 aromatic carbocycles. The molecule has 1 aliphatic heterocycles. The summed E-state index contributed by atoms with van der Waals surface area (Å²) in [6, 6.07) is 9.91. The largest absolute Gasteiger partial charge is 0.229 e. The summed E-state index contributed by atoms with van der Waals surface area (Å²) >= 11 is 0. The van der Waals surface area contributed by atoms with Gasteiger partial charge in [0.25, 0.3) is 0 Å². The highest BCUT2D eigenvalue weighted by Gasteiger charge is 2.39. The van der Waals surface area contributed by atoms with E-state index in [2.05, 4.69) is 0 Å². The van der Waals surface area contributed by atoms with Crippen molar-refractivity contribution in [3.8, 4) is 0 Å². The Kier molecular flexibility index (Phi) is 2.14. The maximum Gasteiger partial charge on any atom is 0.151 e. The van der Waals surface area contributed by atoms with E-state index in [4.69, 9.17) is 0 Å². The van der Waals surface area contributed by atoms with Gasteiger partial charge in [0.2, 0.25) is 0 Å². The van der Waals surface area contributed by atoms with Crippen LogP contribution in [0, 0.1) is 0 Å². The topological polar surface area (TPSA) is 34.1 Å². The van der Waals surface area contributed by atoms with Crippen LogP contribution in [0.25, 0.3) is 0 Å². The predicted molar refractivity (Wildman–Crippen MR) is 57.1 cm³/mol. The first kappa shape index (κ1) is 9.71. The van der Waals surface area contributed by atoms with Gasteiger partial charge in [0.05, 0.1) is 11.5 Å². The van der Waals surface area contributed by atoms with Gasteiger partial charge in [-0.15, -0.1) is 0 Å². The van der Waals surface area contributed by atoms with E-state index < -0.39 is 9.84 Å². The monoisotopic (exact) mass is 210 g/mol. The molecule has 1 aromatic rings. The summed E-state index contributed by atoms with van der Waals surface area (Å²) in [5.74, 6) is 0.627. The van der Waals surface area contributed by atoms with Gasteiger partial charge in [-0.1, -0.05) is 37.3 Å². The average molecular weight is 210 g/mol. The SMILES string of the molecule is CC1(c2ccccc2)CCS(=O)(=O)C1. The second kappa shape index (κ2) is 3.09. The fourth-order valence-corrected chi connectivity index (χ4v) is 4.27. The maximum atomic E-state index is 11.4. The molecule has 1 saturated heterocycles. The maximum absolute atomic E-state index is 11.4. The summed E-state index contributed by atoms with van der Waals surface area (Å²) in [6.45, 7) is 2.03. The Labute approximate surface area is 84.9 Å². The molecule has 3 heteroatoms. The van der Waals surface area contributed by atoms with Crippen molar-refractivity contribution in [2.45, 2.75) is 18.8 Å². The van der Waals surface area contributed by atoms with Crippen LogP contribution >= 0.6 is 0 Å². The summed E-state index contributed by atoms with van der Waals surface area (Å²) in [7, 11) is -2.80. The molecule has 0 saturated carbocycles. The Morgan fingerprint density at radius 3 is 2.36 bits per heavy atom. The van der Waals surface area contributed by atoms with Gasteiger partial charge in [0.15, 0.2) is 9.84 Å². The first-order chi connectivity index (χ1) is 6.52. The minimum atomic E-state index is -2.80. The van der Waals surface area contributed by atoms with Crippen molar-refractivity contribution in [1.82, 2.24) is 0 Å². The molecule has 0 spiro atoms. The van der Waals surface area contributed by atoms with E-state index in [1.807, 2.05) is 37.3 Å². The minimum Gasteiger partial charge on any atom is -0.229 e. The molecule has 76 valence electrons. The number of benzene rings is 1. The third-order valence-corrected chi connectivity index (χ3v) is 4.88. The first-order valence-electron chi connectivity index (χ1n) is 4.78. The van der Waals surface area contributed by atoms with Crippen LogP contribution in [0.2, 0.25) is 0 Å². The van der Waals surface area contributed by atoms with Crippen LogP contribution < -0.4 is 0 Å². The van der Waals surface area contributed by atoms with E-state index in [1.165, 1.54) is 0 Å². The van der Waals surface area contributed by atoms with E-state index in [0.717, 1.165) is 12.0 Å². The Hall–Kier alpha value is -0.830. The fourth-order valence-electron chi connectivity index (χ4n) is 2.08.